The van der Waals surface area contributed by atoms with Crippen LogP contribution < -0.4 is 5.32 Å². The van der Waals surface area contributed by atoms with Gasteiger partial charge in [-0.05, 0) is 64.3 Å². The Morgan fingerprint density at radius 1 is 1.29 bits per heavy atom. The SMILES string of the molecule is Cc1cc(C(=O)NC2(c3cccc(C#N)c3)CC2)c(C)n1C(C)C. The van der Waals surface area contributed by atoms with Crippen LogP contribution >= 0.6 is 0 Å². The predicted molar refractivity (Wildman–Crippen MR) is 93.8 cm³/mol. The van der Waals surface area contributed by atoms with Crippen molar-refractivity contribution in [2.24, 2.45) is 0 Å². The number of carbonyl (C=O) groups excluding carboxylic acids is 1. The van der Waals surface area contributed by atoms with Crippen LogP contribution in [0.4, 0.5) is 0 Å². The maximum atomic E-state index is 12.8. The quantitative estimate of drug-likeness (QED) is 0.926. The molecular weight excluding hydrogens is 298 g/mol. The van der Waals surface area contributed by atoms with Gasteiger partial charge in [0, 0.05) is 17.4 Å². The Hall–Kier alpha value is -2.54. The molecule has 1 aliphatic rings. The molecule has 0 saturated heterocycles. The minimum absolute atomic E-state index is 0.0325. The zero-order valence-corrected chi connectivity index (χ0v) is 14.7. The lowest BCUT2D eigenvalue weighted by molar-refractivity contribution is 0.0930. The molecule has 0 bridgehead atoms. The van der Waals surface area contributed by atoms with Crippen LogP contribution in [-0.2, 0) is 5.54 Å². The molecule has 1 saturated carbocycles. The van der Waals surface area contributed by atoms with Crippen molar-refractivity contribution in [2.45, 2.75) is 52.1 Å². The molecule has 0 radical (unpaired) electrons. The Morgan fingerprint density at radius 2 is 2.00 bits per heavy atom. The molecule has 3 rings (SSSR count). The molecule has 2 aromatic rings. The van der Waals surface area contributed by atoms with E-state index in [0.717, 1.165) is 35.4 Å². The number of nitrogens with one attached hydrogen (secondary N) is 1. The second-order valence-electron chi connectivity index (χ2n) is 6.98. The molecule has 1 N–H and O–H groups in total. The Balaban J connectivity index is 1.88. The highest BCUT2D eigenvalue weighted by Crippen LogP contribution is 2.46. The monoisotopic (exact) mass is 321 g/mol. The van der Waals surface area contributed by atoms with Gasteiger partial charge in [-0.1, -0.05) is 12.1 Å². The summed E-state index contributed by atoms with van der Waals surface area (Å²) >= 11 is 0. The van der Waals surface area contributed by atoms with E-state index in [1.54, 1.807) is 6.07 Å². The van der Waals surface area contributed by atoms with Gasteiger partial charge in [0.1, 0.15) is 0 Å². The molecule has 4 heteroatoms. The van der Waals surface area contributed by atoms with E-state index in [9.17, 15) is 4.79 Å². The van der Waals surface area contributed by atoms with Crippen LogP contribution in [0, 0.1) is 25.2 Å². The summed E-state index contributed by atoms with van der Waals surface area (Å²) in [5, 5.41) is 12.3. The molecule has 0 aliphatic heterocycles. The van der Waals surface area contributed by atoms with E-state index in [-0.39, 0.29) is 11.4 Å². The van der Waals surface area contributed by atoms with Gasteiger partial charge >= 0.3 is 0 Å². The first kappa shape index (κ1) is 16.3. The lowest BCUT2D eigenvalue weighted by atomic mass is 10.0. The van der Waals surface area contributed by atoms with Crippen LogP contribution in [0.25, 0.3) is 0 Å². The van der Waals surface area contributed by atoms with E-state index in [0.29, 0.717) is 11.6 Å². The first-order valence-electron chi connectivity index (χ1n) is 8.39. The molecular formula is C20H23N3O. The van der Waals surface area contributed by atoms with Gasteiger partial charge < -0.3 is 9.88 Å². The molecule has 1 aliphatic carbocycles. The second-order valence-corrected chi connectivity index (χ2v) is 6.98. The van der Waals surface area contributed by atoms with Gasteiger partial charge in [0.15, 0.2) is 0 Å². The van der Waals surface area contributed by atoms with E-state index in [4.69, 9.17) is 5.26 Å². The number of nitrogens with zero attached hydrogens (tertiary/aromatic N) is 2. The van der Waals surface area contributed by atoms with Crippen LogP contribution in [0.5, 0.6) is 0 Å². The van der Waals surface area contributed by atoms with Gasteiger partial charge in [-0.25, -0.2) is 0 Å². The van der Waals surface area contributed by atoms with Gasteiger partial charge in [0.2, 0.25) is 0 Å². The molecule has 0 atom stereocenters. The lowest BCUT2D eigenvalue weighted by Crippen LogP contribution is -2.35. The molecule has 1 aromatic heterocycles. The van der Waals surface area contributed by atoms with Crippen molar-refractivity contribution in [2.75, 3.05) is 0 Å². The maximum Gasteiger partial charge on any atom is 0.253 e. The van der Waals surface area contributed by atoms with Gasteiger partial charge in [0.05, 0.1) is 22.7 Å². The number of nitriles is 1. The third kappa shape index (κ3) is 2.71. The molecule has 1 aromatic carbocycles. The van der Waals surface area contributed by atoms with E-state index in [2.05, 4.69) is 29.8 Å². The fraction of sp³-hybridized carbons (Fsp3) is 0.400. The topological polar surface area (TPSA) is 57.8 Å². The Labute approximate surface area is 143 Å². The lowest BCUT2D eigenvalue weighted by Gasteiger charge is -2.19. The number of aryl methyl sites for hydroxylation is 1. The number of hydrogen-bond acceptors (Lipinski definition) is 2. The van der Waals surface area contributed by atoms with Crippen molar-refractivity contribution >= 4 is 5.91 Å². The molecule has 4 nitrogen and oxygen atoms in total. The normalized spacial score (nSPS) is 15.2. The smallest absolute Gasteiger partial charge is 0.253 e. The van der Waals surface area contributed by atoms with E-state index in [1.165, 1.54) is 0 Å². The van der Waals surface area contributed by atoms with Crippen LogP contribution in [0.2, 0.25) is 0 Å². The molecule has 1 fully saturated rings. The molecule has 24 heavy (non-hydrogen) atoms. The highest BCUT2D eigenvalue weighted by Gasteiger charge is 2.46. The minimum atomic E-state index is -0.315. The number of rotatable bonds is 4. The van der Waals surface area contributed by atoms with Gasteiger partial charge in [-0.2, -0.15) is 5.26 Å². The van der Waals surface area contributed by atoms with Crippen LogP contribution in [0.1, 0.15) is 65.6 Å². The standard InChI is InChI=1S/C20H23N3O/c1-13(2)23-14(3)10-18(15(23)4)19(24)22-20(8-9-20)17-7-5-6-16(11-17)12-21/h5-7,10-11,13H,8-9H2,1-4H3,(H,22,24). The van der Waals surface area contributed by atoms with Crippen molar-refractivity contribution in [1.29, 1.82) is 5.26 Å². The van der Waals surface area contributed by atoms with Crippen molar-refractivity contribution in [3.8, 4) is 6.07 Å². The van der Waals surface area contributed by atoms with Crippen LogP contribution in [0.15, 0.2) is 30.3 Å². The van der Waals surface area contributed by atoms with Crippen molar-refractivity contribution in [3.05, 3.63) is 58.4 Å². The molecule has 0 spiro atoms. The Morgan fingerprint density at radius 3 is 2.54 bits per heavy atom. The predicted octanol–water partition coefficient (Wildman–Crippen LogP) is 3.98. The summed E-state index contributed by atoms with van der Waals surface area (Å²) in [4.78, 5) is 12.8. The first-order chi connectivity index (χ1) is 11.4. The van der Waals surface area contributed by atoms with E-state index < -0.39 is 0 Å². The molecule has 1 amide bonds. The minimum Gasteiger partial charge on any atom is -0.346 e. The molecule has 1 heterocycles. The van der Waals surface area contributed by atoms with Crippen LogP contribution in [-0.4, -0.2) is 10.5 Å². The average Bonchev–Trinajstić information content (AvgIpc) is 3.26. The summed E-state index contributed by atoms with van der Waals surface area (Å²) in [6, 6.07) is 12.0. The summed E-state index contributed by atoms with van der Waals surface area (Å²) in [5.74, 6) is -0.0325. The first-order valence-corrected chi connectivity index (χ1v) is 8.39. The third-order valence-corrected chi connectivity index (χ3v) is 4.89. The van der Waals surface area contributed by atoms with Crippen molar-refractivity contribution < 1.29 is 4.79 Å². The highest BCUT2D eigenvalue weighted by molar-refractivity contribution is 5.96. The fourth-order valence-electron chi connectivity index (χ4n) is 3.58. The summed E-state index contributed by atoms with van der Waals surface area (Å²) in [5.41, 5.74) is 4.18. The summed E-state index contributed by atoms with van der Waals surface area (Å²) < 4.78 is 2.19. The van der Waals surface area contributed by atoms with Gasteiger partial charge in [-0.3, -0.25) is 4.79 Å². The fourth-order valence-corrected chi connectivity index (χ4v) is 3.58. The summed E-state index contributed by atoms with van der Waals surface area (Å²) in [7, 11) is 0. The van der Waals surface area contributed by atoms with Crippen molar-refractivity contribution in [3.63, 3.8) is 0 Å². The van der Waals surface area contributed by atoms with Crippen LogP contribution in [0.3, 0.4) is 0 Å². The highest BCUT2D eigenvalue weighted by atomic mass is 16.1. The zero-order chi connectivity index (χ0) is 17.5. The largest absolute Gasteiger partial charge is 0.346 e. The number of carbonyl (C=O) groups is 1. The van der Waals surface area contributed by atoms with Gasteiger partial charge in [0.25, 0.3) is 5.91 Å². The number of aromatic nitrogens is 1. The van der Waals surface area contributed by atoms with Gasteiger partial charge in [-0.15, -0.1) is 0 Å². The maximum absolute atomic E-state index is 12.8. The second kappa shape index (κ2) is 5.83. The molecule has 124 valence electrons. The number of hydrogen-bond donors (Lipinski definition) is 1. The molecule has 0 unspecified atom stereocenters. The Bertz CT molecular complexity index is 835. The van der Waals surface area contributed by atoms with Crippen molar-refractivity contribution in [1.82, 2.24) is 9.88 Å². The summed E-state index contributed by atoms with van der Waals surface area (Å²) in [6.45, 7) is 8.28. The number of amides is 1. The third-order valence-electron chi connectivity index (χ3n) is 4.89. The van der Waals surface area contributed by atoms with E-state index in [1.807, 2.05) is 38.1 Å². The average molecular weight is 321 g/mol. The van der Waals surface area contributed by atoms with E-state index >= 15 is 0 Å². The zero-order valence-electron chi connectivity index (χ0n) is 14.7. The number of benzene rings is 1. The summed E-state index contributed by atoms with van der Waals surface area (Å²) in [6.07, 6.45) is 1.83. The Kier molecular flexibility index (Phi) is 3.96.